The SMILES string of the molecule is Cc1cccc(CN(C)C(=O)Cn2cc(S(=O)(=O)Cc3ccccc3)c3ccccc32)c1. The Hall–Kier alpha value is -3.38. The number of carbonyl (C=O) groups is 1. The summed E-state index contributed by atoms with van der Waals surface area (Å²) >= 11 is 0. The van der Waals surface area contributed by atoms with E-state index in [1.807, 2.05) is 61.5 Å². The van der Waals surface area contributed by atoms with Crippen LogP contribution >= 0.6 is 0 Å². The summed E-state index contributed by atoms with van der Waals surface area (Å²) in [6.45, 7) is 2.59. The number of benzene rings is 3. The molecule has 0 bridgehead atoms. The van der Waals surface area contributed by atoms with Gasteiger partial charge in [0.2, 0.25) is 5.91 Å². The van der Waals surface area contributed by atoms with Crippen molar-refractivity contribution in [2.45, 2.75) is 30.7 Å². The fourth-order valence-electron chi connectivity index (χ4n) is 3.90. The number of aryl methyl sites for hydroxylation is 1. The quantitative estimate of drug-likeness (QED) is 0.417. The van der Waals surface area contributed by atoms with Crippen molar-refractivity contribution in [1.82, 2.24) is 9.47 Å². The third kappa shape index (κ3) is 4.75. The van der Waals surface area contributed by atoms with E-state index in [1.54, 1.807) is 40.9 Å². The van der Waals surface area contributed by atoms with Gasteiger partial charge in [-0.15, -0.1) is 0 Å². The lowest BCUT2D eigenvalue weighted by atomic mass is 10.1. The van der Waals surface area contributed by atoms with Crippen LogP contribution in [0.4, 0.5) is 0 Å². The molecule has 5 nitrogen and oxygen atoms in total. The van der Waals surface area contributed by atoms with Crippen LogP contribution < -0.4 is 0 Å². The maximum absolute atomic E-state index is 13.2. The Morgan fingerprint density at radius 2 is 1.59 bits per heavy atom. The van der Waals surface area contributed by atoms with Crippen LogP contribution in [-0.4, -0.2) is 30.8 Å². The molecule has 1 heterocycles. The first-order valence-electron chi connectivity index (χ1n) is 10.5. The second-order valence-corrected chi connectivity index (χ2v) is 10.1. The van der Waals surface area contributed by atoms with Gasteiger partial charge in [0.25, 0.3) is 0 Å². The highest BCUT2D eigenvalue weighted by Gasteiger charge is 2.23. The molecule has 0 atom stereocenters. The van der Waals surface area contributed by atoms with E-state index in [1.165, 1.54) is 0 Å². The monoisotopic (exact) mass is 446 g/mol. The van der Waals surface area contributed by atoms with Crippen molar-refractivity contribution >= 4 is 26.6 Å². The van der Waals surface area contributed by atoms with Crippen molar-refractivity contribution in [3.05, 3.63) is 102 Å². The highest BCUT2D eigenvalue weighted by Crippen LogP contribution is 2.28. The predicted molar refractivity (Wildman–Crippen MR) is 127 cm³/mol. The van der Waals surface area contributed by atoms with Gasteiger partial charge in [-0.1, -0.05) is 78.4 Å². The second kappa shape index (κ2) is 9.01. The van der Waals surface area contributed by atoms with E-state index in [9.17, 15) is 13.2 Å². The molecule has 0 saturated heterocycles. The summed E-state index contributed by atoms with van der Waals surface area (Å²) in [4.78, 5) is 14.9. The smallest absolute Gasteiger partial charge is 0.242 e. The van der Waals surface area contributed by atoms with Gasteiger partial charge in [0.1, 0.15) is 6.54 Å². The molecule has 0 spiro atoms. The van der Waals surface area contributed by atoms with Crippen LogP contribution in [0, 0.1) is 6.92 Å². The molecule has 32 heavy (non-hydrogen) atoms. The number of amides is 1. The fourth-order valence-corrected chi connectivity index (χ4v) is 5.48. The first-order chi connectivity index (χ1) is 15.3. The molecule has 0 saturated carbocycles. The minimum Gasteiger partial charge on any atom is -0.340 e. The minimum absolute atomic E-state index is 0.0731. The summed E-state index contributed by atoms with van der Waals surface area (Å²) in [5.74, 6) is -0.164. The van der Waals surface area contributed by atoms with Gasteiger partial charge < -0.3 is 9.47 Å². The van der Waals surface area contributed by atoms with E-state index >= 15 is 0 Å². The normalized spacial score (nSPS) is 11.6. The summed E-state index contributed by atoms with van der Waals surface area (Å²) in [7, 11) is -1.81. The molecule has 164 valence electrons. The standard InChI is InChI=1S/C26H26N2O3S/c1-20-9-8-12-22(15-20)16-27(2)26(29)18-28-17-25(23-13-6-7-14-24(23)28)32(30,31)19-21-10-4-3-5-11-21/h3-15,17H,16,18-19H2,1-2H3. The van der Waals surface area contributed by atoms with E-state index in [-0.39, 0.29) is 23.1 Å². The fraction of sp³-hybridized carbons (Fsp3) is 0.192. The van der Waals surface area contributed by atoms with Crippen LogP contribution in [0.2, 0.25) is 0 Å². The van der Waals surface area contributed by atoms with E-state index < -0.39 is 9.84 Å². The van der Waals surface area contributed by atoms with Gasteiger partial charge in [0, 0.05) is 30.7 Å². The molecule has 0 N–H and O–H groups in total. The summed E-state index contributed by atoms with van der Waals surface area (Å²) in [5.41, 5.74) is 3.67. The van der Waals surface area contributed by atoms with Crippen molar-refractivity contribution in [1.29, 1.82) is 0 Å². The molecule has 0 unspecified atom stereocenters. The number of sulfone groups is 1. The average Bonchev–Trinajstić information content (AvgIpc) is 3.14. The molecule has 0 aliphatic rings. The Bertz CT molecular complexity index is 1360. The Morgan fingerprint density at radius 3 is 2.34 bits per heavy atom. The van der Waals surface area contributed by atoms with Crippen molar-refractivity contribution in [3.8, 4) is 0 Å². The Morgan fingerprint density at radius 1 is 0.906 bits per heavy atom. The summed E-state index contributed by atoms with van der Waals surface area (Å²) in [6, 6.07) is 24.5. The number of para-hydroxylation sites is 1. The molecular formula is C26H26N2O3S. The van der Waals surface area contributed by atoms with Crippen molar-refractivity contribution < 1.29 is 13.2 Å². The molecule has 1 aromatic heterocycles. The van der Waals surface area contributed by atoms with Gasteiger partial charge in [-0.3, -0.25) is 4.79 Å². The molecule has 3 aromatic carbocycles. The second-order valence-electron chi connectivity index (χ2n) is 8.12. The average molecular weight is 447 g/mol. The molecule has 1 amide bonds. The Kier molecular flexibility index (Phi) is 6.15. The van der Waals surface area contributed by atoms with Crippen LogP contribution in [0.1, 0.15) is 16.7 Å². The number of nitrogens with zero attached hydrogens (tertiary/aromatic N) is 2. The van der Waals surface area contributed by atoms with E-state index in [0.717, 1.165) is 22.2 Å². The van der Waals surface area contributed by atoms with Crippen molar-refractivity contribution in [2.24, 2.45) is 0 Å². The van der Waals surface area contributed by atoms with E-state index in [4.69, 9.17) is 0 Å². The number of rotatable bonds is 7. The third-order valence-electron chi connectivity index (χ3n) is 5.52. The van der Waals surface area contributed by atoms with Gasteiger partial charge in [-0.2, -0.15) is 0 Å². The zero-order valence-corrected chi connectivity index (χ0v) is 19.0. The summed E-state index contributed by atoms with van der Waals surface area (Å²) in [5, 5.41) is 0.637. The van der Waals surface area contributed by atoms with Gasteiger partial charge >= 0.3 is 0 Å². The summed E-state index contributed by atoms with van der Waals surface area (Å²) < 4.78 is 28.2. The number of likely N-dealkylation sites (N-methyl/N-ethyl adjacent to an activating group) is 1. The minimum atomic E-state index is -3.57. The molecule has 4 aromatic rings. The van der Waals surface area contributed by atoms with Gasteiger partial charge in [-0.25, -0.2) is 8.42 Å². The summed E-state index contributed by atoms with van der Waals surface area (Å²) in [6.07, 6.45) is 1.60. The van der Waals surface area contributed by atoms with Crippen LogP contribution in [0.15, 0.2) is 90.0 Å². The van der Waals surface area contributed by atoms with Crippen LogP contribution in [0.25, 0.3) is 10.9 Å². The maximum atomic E-state index is 13.2. The molecule has 0 aliphatic heterocycles. The highest BCUT2D eigenvalue weighted by atomic mass is 32.2. The Labute approximate surface area is 188 Å². The predicted octanol–water partition coefficient (Wildman–Crippen LogP) is 4.58. The van der Waals surface area contributed by atoms with E-state index in [0.29, 0.717) is 11.9 Å². The third-order valence-corrected chi connectivity index (χ3v) is 7.23. The van der Waals surface area contributed by atoms with Gasteiger partial charge in [0.05, 0.1) is 10.6 Å². The number of carbonyl (C=O) groups excluding carboxylic acids is 1. The van der Waals surface area contributed by atoms with Crippen LogP contribution in [0.5, 0.6) is 0 Å². The van der Waals surface area contributed by atoms with Crippen molar-refractivity contribution in [3.63, 3.8) is 0 Å². The molecule has 4 rings (SSSR count). The first kappa shape index (κ1) is 21.8. The lowest BCUT2D eigenvalue weighted by Gasteiger charge is -2.18. The molecule has 0 fully saturated rings. The maximum Gasteiger partial charge on any atom is 0.242 e. The highest BCUT2D eigenvalue weighted by molar-refractivity contribution is 7.90. The molecule has 0 aliphatic carbocycles. The van der Waals surface area contributed by atoms with E-state index in [2.05, 4.69) is 6.07 Å². The molecule has 6 heteroatoms. The molecular weight excluding hydrogens is 420 g/mol. The number of aromatic nitrogens is 1. The zero-order chi connectivity index (χ0) is 22.7. The lowest BCUT2D eigenvalue weighted by molar-refractivity contribution is -0.131. The number of fused-ring (bicyclic) bond motifs is 1. The van der Waals surface area contributed by atoms with Crippen LogP contribution in [0.3, 0.4) is 0 Å². The van der Waals surface area contributed by atoms with Crippen molar-refractivity contribution in [2.75, 3.05) is 7.05 Å². The van der Waals surface area contributed by atoms with Crippen LogP contribution in [-0.2, 0) is 33.5 Å². The van der Waals surface area contributed by atoms with Gasteiger partial charge in [-0.05, 0) is 24.1 Å². The Balaban J connectivity index is 1.60. The lowest BCUT2D eigenvalue weighted by Crippen LogP contribution is -2.29. The number of hydrogen-bond donors (Lipinski definition) is 0. The first-order valence-corrected chi connectivity index (χ1v) is 12.1. The topological polar surface area (TPSA) is 59.4 Å². The largest absolute Gasteiger partial charge is 0.340 e. The number of hydrogen-bond acceptors (Lipinski definition) is 3. The zero-order valence-electron chi connectivity index (χ0n) is 18.2. The van der Waals surface area contributed by atoms with Gasteiger partial charge in [0.15, 0.2) is 9.84 Å². The molecule has 0 radical (unpaired) electrons.